The van der Waals surface area contributed by atoms with Crippen LogP contribution in [0.15, 0.2) is 29.8 Å². The van der Waals surface area contributed by atoms with Crippen molar-refractivity contribution >= 4 is 11.5 Å². The maximum absolute atomic E-state index is 13.9. The van der Waals surface area contributed by atoms with Crippen LogP contribution in [0.2, 0.25) is 0 Å². The zero-order chi connectivity index (χ0) is 15.5. The topological polar surface area (TPSA) is 29.1 Å². The van der Waals surface area contributed by atoms with Crippen molar-refractivity contribution in [2.45, 2.75) is 40.3 Å². The van der Waals surface area contributed by atoms with Crippen molar-refractivity contribution < 1.29 is 9.18 Å². The second kappa shape index (κ2) is 6.21. The molecule has 0 aliphatic heterocycles. The van der Waals surface area contributed by atoms with Gasteiger partial charge in [-0.25, -0.2) is 4.39 Å². The minimum atomic E-state index is -1.36. The van der Waals surface area contributed by atoms with Crippen LogP contribution in [0.5, 0.6) is 0 Å². The maximum Gasteiger partial charge on any atom is 0.158 e. The summed E-state index contributed by atoms with van der Waals surface area (Å²) in [5.41, 5.74) is 1.75. The van der Waals surface area contributed by atoms with Crippen LogP contribution in [-0.2, 0) is 10.5 Å². The number of carbonyl (C=O) groups is 1. The molecule has 2 nitrogen and oxygen atoms in total. The van der Waals surface area contributed by atoms with Crippen LogP contribution in [0.25, 0.3) is 5.70 Å². The highest BCUT2D eigenvalue weighted by molar-refractivity contribution is 6.01. The van der Waals surface area contributed by atoms with Crippen LogP contribution < -0.4 is 5.32 Å². The molecule has 0 fully saturated rings. The van der Waals surface area contributed by atoms with Gasteiger partial charge in [0, 0.05) is 18.3 Å². The predicted molar refractivity (Wildman–Crippen MR) is 82.1 cm³/mol. The number of hydrogen-bond acceptors (Lipinski definition) is 2. The number of allylic oxidation sites excluding steroid dienone is 1. The number of halogens is 1. The summed E-state index contributed by atoms with van der Waals surface area (Å²) >= 11 is 0. The van der Waals surface area contributed by atoms with E-state index in [0.717, 1.165) is 16.8 Å². The number of nitrogens with one attached hydrogen (secondary N) is 1. The van der Waals surface area contributed by atoms with E-state index in [1.165, 1.54) is 13.8 Å². The number of ketones is 1. The van der Waals surface area contributed by atoms with Crippen LogP contribution in [-0.4, -0.2) is 12.8 Å². The van der Waals surface area contributed by atoms with Crippen LogP contribution in [0.4, 0.5) is 4.39 Å². The fourth-order valence-electron chi connectivity index (χ4n) is 2.34. The normalized spacial score (nSPS) is 13.2. The van der Waals surface area contributed by atoms with Crippen molar-refractivity contribution in [2.75, 3.05) is 7.05 Å². The van der Waals surface area contributed by atoms with Gasteiger partial charge in [-0.15, -0.1) is 0 Å². The van der Waals surface area contributed by atoms with E-state index in [2.05, 4.69) is 5.32 Å². The highest BCUT2D eigenvalue weighted by Gasteiger charge is 2.20. The Balaban J connectivity index is 3.33. The van der Waals surface area contributed by atoms with Crippen molar-refractivity contribution in [1.82, 2.24) is 5.32 Å². The van der Waals surface area contributed by atoms with Gasteiger partial charge in [0.15, 0.2) is 5.78 Å². The van der Waals surface area contributed by atoms with Crippen molar-refractivity contribution in [3.8, 4) is 0 Å². The molecule has 0 radical (unpaired) electrons. The third-order valence-electron chi connectivity index (χ3n) is 3.34. The Hall–Kier alpha value is -1.64. The third kappa shape index (κ3) is 3.69. The van der Waals surface area contributed by atoms with E-state index in [-0.39, 0.29) is 11.7 Å². The van der Waals surface area contributed by atoms with E-state index in [1.807, 2.05) is 26.0 Å². The van der Waals surface area contributed by atoms with Crippen molar-refractivity contribution in [1.29, 1.82) is 0 Å². The number of hydrogen-bond donors (Lipinski definition) is 1. The van der Waals surface area contributed by atoms with Gasteiger partial charge in [-0.1, -0.05) is 38.1 Å². The highest BCUT2D eigenvalue weighted by Crippen LogP contribution is 2.27. The summed E-state index contributed by atoms with van der Waals surface area (Å²) in [5.74, 6) is 0.187. The molecular formula is C17H24FNO. The molecule has 0 aliphatic carbocycles. The maximum atomic E-state index is 13.9. The quantitative estimate of drug-likeness (QED) is 0.822. The second-order valence-electron chi connectivity index (χ2n) is 5.80. The van der Waals surface area contributed by atoms with Crippen molar-refractivity contribution in [2.24, 2.45) is 5.92 Å². The van der Waals surface area contributed by atoms with E-state index in [9.17, 15) is 9.18 Å². The van der Waals surface area contributed by atoms with Crippen LogP contribution >= 0.6 is 0 Å². The first-order valence-corrected chi connectivity index (χ1v) is 6.91. The molecule has 0 saturated carbocycles. The Labute approximate surface area is 121 Å². The summed E-state index contributed by atoms with van der Waals surface area (Å²) in [5, 5.41) is 3.10. The largest absolute Gasteiger partial charge is 0.387 e. The molecule has 1 rings (SSSR count). The second-order valence-corrected chi connectivity index (χ2v) is 5.80. The molecule has 20 heavy (non-hydrogen) atoms. The Bertz CT molecular complexity index is 507. The Morgan fingerprint density at radius 2 is 1.70 bits per heavy atom. The number of alkyl halides is 1. The minimum Gasteiger partial charge on any atom is -0.387 e. The first kappa shape index (κ1) is 16.4. The van der Waals surface area contributed by atoms with Crippen molar-refractivity contribution in [3.63, 3.8) is 0 Å². The van der Waals surface area contributed by atoms with E-state index in [0.29, 0.717) is 5.56 Å². The lowest BCUT2D eigenvalue weighted by Crippen LogP contribution is -2.16. The average Bonchev–Trinajstić information content (AvgIpc) is 2.33. The molecule has 1 aromatic carbocycles. The smallest absolute Gasteiger partial charge is 0.158 e. The molecule has 1 N–H and O–H groups in total. The van der Waals surface area contributed by atoms with Gasteiger partial charge >= 0.3 is 0 Å². The molecule has 0 saturated heterocycles. The molecule has 0 aromatic heterocycles. The van der Waals surface area contributed by atoms with E-state index in [1.54, 1.807) is 26.1 Å². The van der Waals surface area contributed by atoms with Gasteiger partial charge in [-0.2, -0.15) is 0 Å². The summed E-state index contributed by atoms with van der Waals surface area (Å²) in [6.07, 6.45) is 0. The summed E-state index contributed by atoms with van der Waals surface area (Å²) in [7, 11) is 1.80. The first-order valence-electron chi connectivity index (χ1n) is 6.91. The van der Waals surface area contributed by atoms with E-state index < -0.39 is 5.67 Å². The molecule has 1 aromatic rings. The lowest BCUT2D eigenvalue weighted by molar-refractivity contribution is -0.114. The van der Waals surface area contributed by atoms with Crippen LogP contribution in [0.1, 0.15) is 45.7 Å². The van der Waals surface area contributed by atoms with Gasteiger partial charge in [-0.3, -0.25) is 4.79 Å². The van der Waals surface area contributed by atoms with Gasteiger partial charge < -0.3 is 5.32 Å². The predicted octanol–water partition coefficient (Wildman–Crippen LogP) is 4.07. The fraction of sp³-hybridized carbons (Fsp3) is 0.471. The molecule has 0 unspecified atom stereocenters. The van der Waals surface area contributed by atoms with E-state index >= 15 is 0 Å². The van der Waals surface area contributed by atoms with Gasteiger partial charge in [0.1, 0.15) is 5.67 Å². The van der Waals surface area contributed by atoms with Crippen LogP contribution in [0, 0.1) is 5.92 Å². The molecule has 0 bridgehead atoms. The summed E-state index contributed by atoms with van der Waals surface area (Å²) in [6.45, 7) is 8.63. The Morgan fingerprint density at radius 1 is 1.20 bits per heavy atom. The van der Waals surface area contributed by atoms with E-state index in [4.69, 9.17) is 0 Å². The molecule has 110 valence electrons. The lowest BCUT2D eigenvalue weighted by Gasteiger charge is -2.18. The SMILES string of the molecule is CN/C(=C(\C(C)=O)C(C)C)c1ccc(C(C)(C)F)cc1. The molecule has 0 aliphatic rings. The lowest BCUT2D eigenvalue weighted by atomic mass is 9.92. The first-order chi connectivity index (χ1) is 9.18. The molecule has 0 atom stereocenters. The van der Waals surface area contributed by atoms with Crippen molar-refractivity contribution in [3.05, 3.63) is 41.0 Å². The molecular weight excluding hydrogens is 253 g/mol. The van der Waals surface area contributed by atoms with Crippen LogP contribution in [0.3, 0.4) is 0 Å². The summed E-state index contributed by atoms with van der Waals surface area (Å²) < 4.78 is 13.9. The van der Waals surface area contributed by atoms with Gasteiger partial charge in [0.25, 0.3) is 0 Å². The number of Topliss-reactive ketones (excluding diaryl/α,β-unsaturated/α-hetero) is 1. The standard InChI is InChI=1S/C17H24FNO/c1-11(2)15(12(3)20)16(19-6)13-7-9-14(10-8-13)17(4,5)18/h7-11,19H,1-6H3/b16-15-. The fourth-order valence-corrected chi connectivity index (χ4v) is 2.34. The third-order valence-corrected chi connectivity index (χ3v) is 3.34. The van der Waals surface area contributed by atoms with Gasteiger partial charge in [0.05, 0.1) is 0 Å². The molecule has 0 amide bonds. The Kier molecular flexibility index (Phi) is 5.09. The average molecular weight is 277 g/mol. The molecule has 0 heterocycles. The van der Waals surface area contributed by atoms with Gasteiger partial charge in [0.2, 0.25) is 0 Å². The number of carbonyl (C=O) groups excluding carboxylic acids is 1. The monoisotopic (exact) mass is 277 g/mol. The molecule has 3 heteroatoms. The highest BCUT2D eigenvalue weighted by atomic mass is 19.1. The zero-order valence-electron chi connectivity index (χ0n) is 13.2. The Morgan fingerprint density at radius 3 is 2.00 bits per heavy atom. The summed E-state index contributed by atoms with van der Waals surface area (Å²) in [6, 6.07) is 7.25. The number of benzene rings is 1. The summed E-state index contributed by atoms with van der Waals surface area (Å²) in [4.78, 5) is 11.8. The van der Waals surface area contributed by atoms with Gasteiger partial charge in [-0.05, 0) is 37.8 Å². The zero-order valence-corrected chi connectivity index (χ0v) is 13.2. The molecule has 0 spiro atoms. The minimum absolute atomic E-state index is 0.0549. The number of rotatable bonds is 5.